The van der Waals surface area contributed by atoms with Crippen molar-refractivity contribution in [3.63, 3.8) is 0 Å². The van der Waals surface area contributed by atoms with E-state index in [4.69, 9.17) is 10.5 Å². The van der Waals surface area contributed by atoms with Gasteiger partial charge in [-0.15, -0.1) is 0 Å². The van der Waals surface area contributed by atoms with Crippen molar-refractivity contribution in [3.05, 3.63) is 59.7 Å². The lowest BCUT2D eigenvalue weighted by atomic mass is 10.00. The van der Waals surface area contributed by atoms with Crippen LogP contribution in [-0.4, -0.2) is 31.7 Å². The standard InChI is InChI=1S/C19H21NO4/c1-3-24-19(22)17(20)12-13-4-6-14(7-5-13)15-8-10-16(11-9-15)18(21)23-2/h4-11,17H,3,12,20H2,1-2H3. The molecule has 0 saturated carbocycles. The van der Waals surface area contributed by atoms with Gasteiger partial charge in [0.1, 0.15) is 6.04 Å². The number of hydrogen-bond acceptors (Lipinski definition) is 5. The van der Waals surface area contributed by atoms with Gasteiger partial charge in [-0.05, 0) is 42.2 Å². The summed E-state index contributed by atoms with van der Waals surface area (Å²) >= 11 is 0. The Balaban J connectivity index is 2.06. The maximum absolute atomic E-state index is 11.6. The second kappa shape index (κ2) is 8.26. The average Bonchev–Trinajstić information content (AvgIpc) is 2.62. The first-order valence-corrected chi connectivity index (χ1v) is 7.75. The van der Waals surface area contributed by atoms with Crippen molar-refractivity contribution >= 4 is 11.9 Å². The molecule has 2 aromatic rings. The third-order valence-electron chi connectivity index (χ3n) is 3.64. The highest BCUT2D eigenvalue weighted by molar-refractivity contribution is 5.90. The van der Waals surface area contributed by atoms with Gasteiger partial charge in [0.25, 0.3) is 0 Å². The lowest BCUT2D eigenvalue weighted by Gasteiger charge is -2.11. The number of methoxy groups -OCH3 is 1. The van der Waals surface area contributed by atoms with Gasteiger partial charge in [-0.25, -0.2) is 4.79 Å². The SMILES string of the molecule is CCOC(=O)C(N)Cc1ccc(-c2ccc(C(=O)OC)cc2)cc1. The first-order valence-electron chi connectivity index (χ1n) is 7.75. The van der Waals surface area contributed by atoms with E-state index in [0.29, 0.717) is 18.6 Å². The predicted molar refractivity (Wildman–Crippen MR) is 91.5 cm³/mol. The summed E-state index contributed by atoms with van der Waals surface area (Å²) < 4.78 is 9.59. The maximum atomic E-state index is 11.6. The van der Waals surface area contributed by atoms with Gasteiger partial charge in [-0.3, -0.25) is 4.79 Å². The molecule has 0 aliphatic carbocycles. The van der Waals surface area contributed by atoms with E-state index in [-0.39, 0.29) is 11.9 Å². The van der Waals surface area contributed by atoms with Crippen LogP contribution in [0.4, 0.5) is 0 Å². The Kier molecular flexibility index (Phi) is 6.09. The fourth-order valence-electron chi connectivity index (χ4n) is 2.34. The molecule has 0 amide bonds. The second-order valence-electron chi connectivity index (χ2n) is 5.33. The Labute approximate surface area is 141 Å². The zero-order chi connectivity index (χ0) is 17.5. The normalized spacial score (nSPS) is 11.6. The molecule has 0 heterocycles. The third kappa shape index (κ3) is 4.43. The highest BCUT2D eigenvalue weighted by atomic mass is 16.5. The number of carbonyl (C=O) groups excluding carboxylic acids is 2. The maximum Gasteiger partial charge on any atom is 0.337 e. The molecule has 5 heteroatoms. The Morgan fingerprint density at radius 3 is 2.04 bits per heavy atom. The quantitative estimate of drug-likeness (QED) is 0.825. The summed E-state index contributed by atoms with van der Waals surface area (Å²) in [5.41, 5.74) is 9.30. The van der Waals surface area contributed by atoms with Crippen LogP contribution in [0.15, 0.2) is 48.5 Å². The van der Waals surface area contributed by atoms with Crippen LogP contribution in [0.25, 0.3) is 11.1 Å². The molecule has 2 rings (SSSR count). The summed E-state index contributed by atoms with van der Waals surface area (Å²) in [6.07, 6.45) is 0.431. The molecular formula is C19H21NO4. The summed E-state index contributed by atoms with van der Waals surface area (Å²) in [6.45, 7) is 2.08. The number of rotatable bonds is 6. The van der Waals surface area contributed by atoms with E-state index in [9.17, 15) is 9.59 Å². The predicted octanol–water partition coefficient (Wildman–Crippen LogP) is 2.57. The van der Waals surface area contributed by atoms with E-state index < -0.39 is 6.04 Å². The zero-order valence-electron chi connectivity index (χ0n) is 13.8. The van der Waals surface area contributed by atoms with Crippen molar-refractivity contribution in [2.45, 2.75) is 19.4 Å². The number of ether oxygens (including phenoxy) is 2. The van der Waals surface area contributed by atoms with E-state index >= 15 is 0 Å². The minimum Gasteiger partial charge on any atom is -0.465 e. The Morgan fingerprint density at radius 2 is 1.54 bits per heavy atom. The zero-order valence-corrected chi connectivity index (χ0v) is 13.8. The highest BCUT2D eigenvalue weighted by Crippen LogP contribution is 2.21. The van der Waals surface area contributed by atoms with Gasteiger partial charge < -0.3 is 15.2 Å². The average molecular weight is 327 g/mol. The fourth-order valence-corrected chi connectivity index (χ4v) is 2.34. The molecule has 126 valence electrons. The van der Waals surface area contributed by atoms with Gasteiger partial charge in [0, 0.05) is 0 Å². The lowest BCUT2D eigenvalue weighted by Crippen LogP contribution is -2.34. The van der Waals surface area contributed by atoms with E-state index in [1.807, 2.05) is 36.4 Å². The smallest absolute Gasteiger partial charge is 0.337 e. The first-order chi connectivity index (χ1) is 11.5. The highest BCUT2D eigenvalue weighted by Gasteiger charge is 2.15. The molecule has 0 aliphatic rings. The number of benzene rings is 2. The van der Waals surface area contributed by atoms with E-state index in [1.165, 1.54) is 7.11 Å². The number of esters is 2. The summed E-state index contributed by atoms with van der Waals surface area (Å²) in [6, 6.07) is 14.3. The summed E-state index contributed by atoms with van der Waals surface area (Å²) in [7, 11) is 1.36. The number of nitrogens with two attached hydrogens (primary N) is 1. The van der Waals surface area contributed by atoms with Crippen LogP contribution in [0, 0.1) is 0 Å². The minimum atomic E-state index is -0.657. The summed E-state index contributed by atoms with van der Waals surface area (Å²) in [4.78, 5) is 23.0. The van der Waals surface area contributed by atoms with Crippen molar-refractivity contribution < 1.29 is 19.1 Å². The largest absolute Gasteiger partial charge is 0.465 e. The molecular weight excluding hydrogens is 306 g/mol. The molecule has 0 fully saturated rings. The van der Waals surface area contributed by atoms with Crippen LogP contribution in [0.5, 0.6) is 0 Å². The first kappa shape index (κ1) is 17.7. The molecule has 1 atom stereocenters. The molecule has 2 aromatic carbocycles. The van der Waals surface area contributed by atoms with Crippen LogP contribution in [-0.2, 0) is 20.7 Å². The van der Waals surface area contributed by atoms with Gasteiger partial charge in [0.2, 0.25) is 0 Å². The van der Waals surface area contributed by atoms with Crippen LogP contribution >= 0.6 is 0 Å². The van der Waals surface area contributed by atoms with E-state index in [2.05, 4.69) is 4.74 Å². The monoisotopic (exact) mass is 327 g/mol. The molecule has 5 nitrogen and oxygen atoms in total. The van der Waals surface area contributed by atoms with Crippen molar-refractivity contribution in [3.8, 4) is 11.1 Å². The van der Waals surface area contributed by atoms with Crippen LogP contribution in [0.1, 0.15) is 22.8 Å². The second-order valence-corrected chi connectivity index (χ2v) is 5.33. The van der Waals surface area contributed by atoms with Crippen molar-refractivity contribution in [2.75, 3.05) is 13.7 Å². The Bertz CT molecular complexity index is 692. The molecule has 1 unspecified atom stereocenters. The van der Waals surface area contributed by atoms with Crippen molar-refractivity contribution in [1.29, 1.82) is 0 Å². The molecule has 0 saturated heterocycles. The van der Waals surface area contributed by atoms with Crippen LogP contribution in [0.3, 0.4) is 0 Å². The third-order valence-corrected chi connectivity index (χ3v) is 3.64. The minimum absolute atomic E-state index is 0.326. The van der Waals surface area contributed by atoms with E-state index in [1.54, 1.807) is 19.1 Å². The summed E-state index contributed by atoms with van der Waals surface area (Å²) in [5, 5.41) is 0. The Morgan fingerprint density at radius 1 is 1.00 bits per heavy atom. The number of carbonyl (C=O) groups is 2. The molecule has 0 aliphatic heterocycles. The molecule has 0 radical (unpaired) electrons. The topological polar surface area (TPSA) is 78.6 Å². The molecule has 0 spiro atoms. The molecule has 24 heavy (non-hydrogen) atoms. The summed E-state index contributed by atoms with van der Waals surface area (Å²) in [5.74, 6) is -0.746. The lowest BCUT2D eigenvalue weighted by molar-refractivity contribution is -0.144. The van der Waals surface area contributed by atoms with E-state index in [0.717, 1.165) is 16.7 Å². The molecule has 2 N–H and O–H groups in total. The van der Waals surface area contributed by atoms with Crippen molar-refractivity contribution in [1.82, 2.24) is 0 Å². The van der Waals surface area contributed by atoms with Crippen LogP contribution in [0.2, 0.25) is 0 Å². The van der Waals surface area contributed by atoms with Gasteiger partial charge in [0.05, 0.1) is 19.3 Å². The number of hydrogen-bond donors (Lipinski definition) is 1. The fraction of sp³-hybridized carbons (Fsp3) is 0.263. The molecule has 0 aromatic heterocycles. The van der Waals surface area contributed by atoms with Gasteiger partial charge in [-0.2, -0.15) is 0 Å². The van der Waals surface area contributed by atoms with Gasteiger partial charge in [-0.1, -0.05) is 36.4 Å². The van der Waals surface area contributed by atoms with Gasteiger partial charge >= 0.3 is 11.9 Å². The van der Waals surface area contributed by atoms with Crippen LogP contribution < -0.4 is 5.73 Å². The van der Waals surface area contributed by atoms with Crippen molar-refractivity contribution in [2.24, 2.45) is 5.73 Å². The molecule has 0 bridgehead atoms. The van der Waals surface area contributed by atoms with Gasteiger partial charge in [0.15, 0.2) is 0 Å². The Hall–Kier alpha value is -2.66.